The van der Waals surface area contributed by atoms with E-state index in [1.54, 1.807) is 0 Å². The summed E-state index contributed by atoms with van der Waals surface area (Å²) < 4.78 is 6.80. The average molecular weight is 346 g/mol. The first-order valence-corrected chi connectivity index (χ1v) is 9.67. The molecule has 1 aliphatic heterocycles. The van der Waals surface area contributed by atoms with Gasteiger partial charge in [0, 0.05) is 0 Å². The van der Waals surface area contributed by atoms with Crippen molar-refractivity contribution in [2.24, 2.45) is 0 Å². The number of nitrogens with zero attached hydrogens (tertiary/aromatic N) is 1. The molecule has 3 heteroatoms. The first-order chi connectivity index (χ1) is 8.38. The SMILES string of the molecule is C[I-]C1CCN(CCOc2ccccc2)CC1. The molecule has 0 aromatic heterocycles. The van der Waals surface area contributed by atoms with Crippen LogP contribution < -0.4 is 25.9 Å². The second-order valence-corrected chi connectivity index (χ2v) is 7.40. The summed E-state index contributed by atoms with van der Waals surface area (Å²) in [5, 5.41) is 0. The third-order valence-electron chi connectivity index (χ3n) is 3.25. The molecule has 0 bridgehead atoms. The van der Waals surface area contributed by atoms with Gasteiger partial charge in [-0.1, -0.05) is 0 Å². The van der Waals surface area contributed by atoms with Gasteiger partial charge in [0.25, 0.3) is 0 Å². The molecule has 0 amide bonds. The average Bonchev–Trinajstić information content (AvgIpc) is 2.41. The molecule has 0 N–H and O–H groups in total. The van der Waals surface area contributed by atoms with Crippen LogP contribution in [0.2, 0.25) is 0 Å². The molecule has 0 spiro atoms. The summed E-state index contributed by atoms with van der Waals surface area (Å²) in [6.45, 7) is 4.44. The van der Waals surface area contributed by atoms with Crippen molar-refractivity contribution in [3.63, 3.8) is 0 Å². The molecule has 1 aliphatic rings. The van der Waals surface area contributed by atoms with Crippen LogP contribution in [0.4, 0.5) is 0 Å². The molecule has 1 saturated heterocycles. The molecule has 1 fully saturated rings. The zero-order chi connectivity index (χ0) is 11.9. The van der Waals surface area contributed by atoms with Crippen molar-refractivity contribution in [3.8, 4) is 5.75 Å². The minimum atomic E-state index is 0.459. The summed E-state index contributed by atoms with van der Waals surface area (Å²) >= 11 is 0.459. The number of piperidine rings is 1. The predicted octanol–water partition coefficient (Wildman–Crippen LogP) is -0.751. The number of halogens is 1. The van der Waals surface area contributed by atoms with Crippen molar-refractivity contribution in [2.75, 3.05) is 31.2 Å². The molecule has 2 rings (SSSR count). The number of alkyl halides is 2. The van der Waals surface area contributed by atoms with E-state index >= 15 is 0 Å². The van der Waals surface area contributed by atoms with Gasteiger partial charge in [0.15, 0.2) is 0 Å². The molecule has 17 heavy (non-hydrogen) atoms. The van der Waals surface area contributed by atoms with Gasteiger partial charge < -0.3 is 0 Å². The monoisotopic (exact) mass is 346 g/mol. The number of rotatable bonds is 5. The van der Waals surface area contributed by atoms with Gasteiger partial charge in [-0.25, -0.2) is 0 Å². The van der Waals surface area contributed by atoms with Gasteiger partial charge in [0.05, 0.1) is 0 Å². The van der Waals surface area contributed by atoms with Crippen molar-refractivity contribution in [2.45, 2.75) is 16.8 Å². The second kappa shape index (κ2) is 7.21. The van der Waals surface area contributed by atoms with E-state index in [4.69, 9.17) is 4.74 Å². The minimum absolute atomic E-state index is 0.459. The fourth-order valence-corrected chi connectivity index (χ4v) is 3.96. The molecule has 0 radical (unpaired) electrons. The Morgan fingerprint density at radius 3 is 2.59 bits per heavy atom. The maximum atomic E-state index is 5.73. The standard InChI is InChI=1S/C14H21INO/c1-15-13-7-9-16(10-8-13)11-12-17-14-5-3-2-4-6-14/h2-6,13H,7-12H2,1H3/q-1. The Hall–Kier alpha value is -0.290. The summed E-state index contributed by atoms with van der Waals surface area (Å²) in [6, 6.07) is 10.1. The summed E-state index contributed by atoms with van der Waals surface area (Å²) in [5.41, 5.74) is 0. The molecule has 1 aromatic carbocycles. The number of hydrogen-bond acceptors (Lipinski definition) is 2. The van der Waals surface area contributed by atoms with Crippen LogP contribution in [0.15, 0.2) is 30.3 Å². The number of hydrogen-bond donors (Lipinski definition) is 0. The second-order valence-electron chi connectivity index (χ2n) is 4.40. The first-order valence-electron chi connectivity index (χ1n) is 6.26. The van der Waals surface area contributed by atoms with E-state index in [1.165, 1.54) is 25.9 Å². The zero-order valence-electron chi connectivity index (χ0n) is 10.4. The van der Waals surface area contributed by atoms with Crippen LogP contribution in [0.1, 0.15) is 12.8 Å². The van der Waals surface area contributed by atoms with Gasteiger partial charge in [-0.2, -0.15) is 0 Å². The van der Waals surface area contributed by atoms with E-state index in [-0.39, 0.29) is 0 Å². The van der Waals surface area contributed by atoms with Crippen molar-refractivity contribution in [3.05, 3.63) is 30.3 Å². The molecule has 2 nitrogen and oxygen atoms in total. The van der Waals surface area contributed by atoms with Gasteiger partial charge in [-0.05, 0) is 0 Å². The molecule has 1 aromatic rings. The van der Waals surface area contributed by atoms with Crippen LogP contribution in [0.5, 0.6) is 5.75 Å². The van der Waals surface area contributed by atoms with Crippen molar-refractivity contribution in [1.82, 2.24) is 4.90 Å². The van der Waals surface area contributed by atoms with E-state index in [0.717, 1.165) is 22.8 Å². The van der Waals surface area contributed by atoms with Crippen LogP contribution in [-0.4, -0.2) is 40.0 Å². The van der Waals surface area contributed by atoms with E-state index in [2.05, 4.69) is 9.83 Å². The van der Waals surface area contributed by atoms with Gasteiger partial charge in [-0.15, -0.1) is 0 Å². The van der Waals surface area contributed by atoms with E-state index < -0.39 is 0 Å². The Labute approximate surface area is 115 Å². The molecular formula is C14H21INO-. The van der Waals surface area contributed by atoms with E-state index in [0.29, 0.717) is 21.2 Å². The third-order valence-corrected chi connectivity index (χ3v) is 6.25. The topological polar surface area (TPSA) is 12.5 Å². The van der Waals surface area contributed by atoms with E-state index in [9.17, 15) is 0 Å². The summed E-state index contributed by atoms with van der Waals surface area (Å²) in [6.07, 6.45) is 2.82. The Kier molecular flexibility index (Phi) is 5.58. The fourth-order valence-electron chi connectivity index (χ4n) is 2.15. The fraction of sp³-hybridized carbons (Fsp3) is 0.571. The Bertz CT molecular complexity index is 309. The third kappa shape index (κ3) is 4.47. The van der Waals surface area contributed by atoms with Crippen LogP contribution in [0.25, 0.3) is 0 Å². The van der Waals surface area contributed by atoms with Gasteiger partial charge in [-0.3, -0.25) is 0 Å². The van der Waals surface area contributed by atoms with Gasteiger partial charge in [0.1, 0.15) is 0 Å². The van der Waals surface area contributed by atoms with Gasteiger partial charge >= 0.3 is 115 Å². The number of likely N-dealkylation sites (tertiary alicyclic amines) is 1. The van der Waals surface area contributed by atoms with Crippen LogP contribution >= 0.6 is 0 Å². The Morgan fingerprint density at radius 2 is 1.94 bits per heavy atom. The number of ether oxygens (including phenoxy) is 1. The number of benzene rings is 1. The summed E-state index contributed by atoms with van der Waals surface area (Å²) in [5.74, 6) is 0.988. The summed E-state index contributed by atoms with van der Waals surface area (Å²) in [4.78, 5) is 4.95. The van der Waals surface area contributed by atoms with Crippen LogP contribution in [-0.2, 0) is 0 Å². The molecule has 0 saturated carbocycles. The Morgan fingerprint density at radius 1 is 1.24 bits per heavy atom. The zero-order valence-corrected chi connectivity index (χ0v) is 12.6. The summed E-state index contributed by atoms with van der Waals surface area (Å²) in [7, 11) is 0. The Balaban J connectivity index is 1.63. The quantitative estimate of drug-likeness (QED) is 0.514. The van der Waals surface area contributed by atoms with Crippen LogP contribution in [0, 0.1) is 0 Å². The van der Waals surface area contributed by atoms with Crippen molar-refractivity contribution in [1.29, 1.82) is 0 Å². The van der Waals surface area contributed by atoms with E-state index in [1.807, 2.05) is 30.3 Å². The molecule has 0 aliphatic carbocycles. The van der Waals surface area contributed by atoms with Gasteiger partial charge in [0.2, 0.25) is 0 Å². The molecular weight excluding hydrogens is 325 g/mol. The predicted molar refractivity (Wildman–Crippen MR) is 67.3 cm³/mol. The molecule has 0 unspecified atom stereocenters. The maximum absolute atomic E-state index is 5.73. The molecule has 0 atom stereocenters. The van der Waals surface area contributed by atoms with Crippen molar-refractivity contribution >= 4 is 0 Å². The normalized spacial score (nSPS) is 18.4. The first kappa shape index (κ1) is 13.1. The van der Waals surface area contributed by atoms with Crippen molar-refractivity contribution < 1.29 is 25.9 Å². The molecule has 96 valence electrons. The van der Waals surface area contributed by atoms with Crippen LogP contribution in [0.3, 0.4) is 0 Å². The molecule has 1 heterocycles. The number of para-hydroxylation sites is 1.